The molecule has 3 rings (SSSR count). The highest BCUT2D eigenvalue weighted by atomic mass is 127. The first kappa shape index (κ1) is 17.9. The van der Waals surface area contributed by atoms with Crippen LogP contribution < -0.4 is 9.64 Å². The summed E-state index contributed by atoms with van der Waals surface area (Å²) >= 11 is 7.73. The SMILES string of the molecule is CCOc1ccc(I)cc1C=C1C(=O)N(C)C(=S)N1c1ccccc1. The van der Waals surface area contributed by atoms with Crippen LogP contribution >= 0.6 is 34.8 Å². The van der Waals surface area contributed by atoms with Gasteiger partial charge in [-0.2, -0.15) is 0 Å². The Hall–Kier alpha value is -1.93. The van der Waals surface area contributed by atoms with Gasteiger partial charge in [-0.25, -0.2) is 0 Å². The number of rotatable bonds is 4. The molecule has 0 saturated carbocycles. The standard InChI is InChI=1S/C19H17IN2O2S/c1-3-24-17-10-9-14(20)11-13(17)12-16-18(23)21(2)19(25)22(16)15-7-5-4-6-8-15/h4-12H,3H2,1-2H3. The average Bonchev–Trinajstić information content (AvgIpc) is 2.82. The smallest absolute Gasteiger partial charge is 0.276 e. The fraction of sp³-hybridized carbons (Fsp3) is 0.158. The quantitative estimate of drug-likeness (QED) is 0.384. The van der Waals surface area contributed by atoms with E-state index >= 15 is 0 Å². The van der Waals surface area contributed by atoms with E-state index in [0.717, 1.165) is 20.6 Å². The molecular formula is C19H17IN2O2S. The zero-order chi connectivity index (χ0) is 18.0. The lowest BCUT2D eigenvalue weighted by Gasteiger charge is -2.19. The summed E-state index contributed by atoms with van der Waals surface area (Å²) < 4.78 is 6.78. The molecule has 0 radical (unpaired) electrons. The molecule has 0 spiro atoms. The third kappa shape index (κ3) is 3.55. The lowest BCUT2D eigenvalue weighted by molar-refractivity contribution is -0.121. The molecule has 128 valence electrons. The van der Waals surface area contributed by atoms with Gasteiger partial charge in [-0.15, -0.1) is 0 Å². The topological polar surface area (TPSA) is 32.8 Å². The molecule has 1 fully saturated rings. The van der Waals surface area contributed by atoms with E-state index in [1.54, 1.807) is 11.9 Å². The van der Waals surface area contributed by atoms with Gasteiger partial charge in [0.2, 0.25) is 0 Å². The van der Waals surface area contributed by atoms with Crippen LogP contribution in [0.15, 0.2) is 54.2 Å². The second-order valence-electron chi connectivity index (χ2n) is 5.46. The number of hydrogen-bond donors (Lipinski definition) is 0. The molecule has 0 bridgehead atoms. The number of thiocarbonyl (C=S) groups is 1. The normalized spacial score (nSPS) is 16.0. The molecule has 1 aliphatic rings. The van der Waals surface area contributed by atoms with Crippen molar-refractivity contribution < 1.29 is 9.53 Å². The fourth-order valence-electron chi connectivity index (χ4n) is 2.63. The van der Waals surface area contributed by atoms with Gasteiger partial charge >= 0.3 is 0 Å². The van der Waals surface area contributed by atoms with Crippen molar-refractivity contribution in [2.45, 2.75) is 6.92 Å². The van der Waals surface area contributed by atoms with Crippen LogP contribution in [0, 0.1) is 3.57 Å². The zero-order valence-electron chi connectivity index (χ0n) is 13.9. The van der Waals surface area contributed by atoms with E-state index in [4.69, 9.17) is 17.0 Å². The highest BCUT2D eigenvalue weighted by Gasteiger charge is 2.36. The monoisotopic (exact) mass is 464 g/mol. The van der Waals surface area contributed by atoms with E-state index in [1.807, 2.05) is 61.5 Å². The third-order valence-corrected chi connectivity index (χ3v) is 4.95. The molecule has 0 unspecified atom stereocenters. The van der Waals surface area contributed by atoms with Crippen molar-refractivity contribution in [1.82, 2.24) is 4.90 Å². The number of benzene rings is 2. The van der Waals surface area contributed by atoms with Crippen LogP contribution in [-0.4, -0.2) is 29.6 Å². The second kappa shape index (κ2) is 7.53. The van der Waals surface area contributed by atoms with Crippen LogP contribution in [0.3, 0.4) is 0 Å². The van der Waals surface area contributed by atoms with Crippen molar-refractivity contribution in [2.75, 3.05) is 18.6 Å². The lowest BCUT2D eigenvalue weighted by Crippen LogP contribution is -2.29. The van der Waals surface area contributed by atoms with Gasteiger partial charge in [0.05, 0.1) is 6.61 Å². The molecule has 0 aromatic heterocycles. The van der Waals surface area contributed by atoms with Crippen LogP contribution in [0.2, 0.25) is 0 Å². The molecule has 2 aromatic rings. The van der Waals surface area contributed by atoms with Gasteiger partial charge in [-0.1, -0.05) is 18.2 Å². The Morgan fingerprint density at radius 3 is 2.60 bits per heavy atom. The largest absolute Gasteiger partial charge is 0.493 e. The van der Waals surface area contributed by atoms with Gasteiger partial charge in [0.25, 0.3) is 5.91 Å². The first-order chi connectivity index (χ1) is 12.0. The van der Waals surface area contributed by atoms with Crippen LogP contribution in [0.4, 0.5) is 5.69 Å². The number of hydrogen-bond acceptors (Lipinski definition) is 3. The Balaban J connectivity index is 2.13. The summed E-state index contributed by atoms with van der Waals surface area (Å²) in [4.78, 5) is 16.0. The molecule has 1 aliphatic heterocycles. The Kier molecular flexibility index (Phi) is 5.39. The van der Waals surface area contributed by atoms with Crippen molar-refractivity contribution in [3.05, 3.63) is 63.4 Å². The highest BCUT2D eigenvalue weighted by molar-refractivity contribution is 14.1. The predicted molar refractivity (Wildman–Crippen MR) is 113 cm³/mol. The predicted octanol–water partition coefficient (Wildman–Crippen LogP) is 4.29. The minimum Gasteiger partial charge on any atom is -0.493 e. The molecule has 0 aliphatic carbocycles. The number of ether oxygens (including phenoxy) is 1. The average molecular weight is 464 g/mol. The number of likely N-dealkylation sites (N-methyl/N-ethyl adjacent to an activating group) is 1. The zero-order valence-corrected chi connectivity index (χ0v) is 16.9. The Labute approximate surface area is 166 Å². The summed E-state index contributed by atoms with van der Waals surface area (Å²) in [6, 6.07) is 15.6. The molecule has 6 heteroatoms. The van der Waals surface area contributed by atoms with E-state index in [1.165, 1.54) is 4.90 Å². The summed E-state index contributed by atoms with van der Waals surface area (Å²) in [5.41, 5.74) is 2.23. The second-order valence-corrected chi connectivity index (χ2v) is 7.07. The van der Waals surface area contributed by atoms with Crippen LogP contribution in [0.1, 0.15) is 12.5 Å². The third-order valence-electron chi connectivity index (χ3n) is 3.82. The number of nitrogens with zero attached hydrogens (tertiary/aromatic N) is 2. The molecule has 25 heavy (non-hydrogen) atoms. The first-order valence-electron chi connectivity index (χ1n) is 7.84. The van der Waals surface area contributed by atoms with E-state index in [2.05, 4.69) is 22.6 Å². The molecule has 4 nitrogen and oxygen atoms in total. The van der Waals surface area contributed by atoms with Crippen molar-refractivity contribution in [3.8, 4) is 5.75 Å². The summed E-state index contributed by atoms with van der Waals surface area (Å²) in [5.74, 6) is 0.617. The van der Waals surface area contributed by atoms with Gasteiger partial charge in [0, 0.05) is 21.9 Å². The number of carbonyl (C=O) groups is 1. The van der Waals surface area contributed by atoms with Crippen molar-refractivity contribution in [2.24, 2.45) is 0 Å². The summed E-state index contributed by atoms with van der Waals surface area (Å²) in [6.07, 6.45) is 1.85. The molecule has 2 aromatic carbocycles. The van der Waals surface area contributed by atoms with Gasteiger partial charge in [0.15, 0.2) is 5.11 Å². The molecule has 1 heterocycles. The summed E-state index contributed by atoms with van der Waals surface area (Å²) in [5, 5.41) is 0.464. The van der Waals surface area contributed by atoms with E-state index < -0.39 is 0 Å². The molecule has 0 N–H and O–H groups in total. The van der Waals surface area contributed by atoms with Crippen molar-refractivity contribution in [1.29, 1.82) is 0 Å². The maximum absolute atomic E-state index is 12.7. The fourth-order valence-corrected chi connectivity index (χ4v) is 3.43. The first-order valence-corrected chi connectivity index (χ1v) is 9.33. The summed E-state index contributed by atoms with van der Waals surface area (Å²) in [6.45, 7) is 2.50. The maximum Gasteiger partial charge on any atom is 0.276 e. The van der Waals surface area contributed by atoms with Crippen LogP contribution in [0.25, 0.3) is 6.08 Å². The Morgan fingerprint density at radius 1 is 1.20 bits per heavy atom. The summed E-state index contributed by atoms with van der Waals surface area (Å²) in [7, 11) is 1.69. The molecule has 0 atom stereocenters. The van der Waals surface area contributed by atoms with E-state index in [9.17, 15) is 4.79 Å². The molecule has 1 amide bonds. The Bertz CT molecular complexity index is 852. The van der Waals surface area contributed by atoms with Gasteiger partial charge < -0.3 is 4.74 Å². The highest BCUT2D eigenvalue weighted by Crippen LogP contribution is 2.31. The van der Waals surface area contributed by atoms with Crippen molar-refractivity contribution in [3.63, 3.8) is 0 Å². The number of para-hydroxylation sites is 1. The minimum absolute atomic E-state index is 0.129. The molecular weight excluding hydrogens is 447 g/mol. The number of anilines is 1. The van der Waals surface area contributed by atoms with Crippen LogP contribution in [-0.2, 0) is 4.79 Å². The van der Waals surface area contributed by atoms with Crippen LogP contribution in [0.5, 0.6) is 5.75 Å². The van der Waals surface area contributed by atoms with Gasteiger partial charge in [-0.05, 0) is 78.1 Å². The van der Waals surface area contributed by atoms with Gasteiger partial charge in [0.1, 0.15) is 11.4 Å². The maximum atomic E-state index is 12.7. The Morgan fingerprint density at radius 2 is 1.92 bits per heavy atom. The lowest BCUT2D eigenvalue weighted by atomic mass is 10.1. The number of carbonyl (C=O) groups excluding carboxylic acids is 1. The minimum atomic E-state index is -0.129. The van der Waals surface area contributed by atoms with Crippen molar-refractivity contribution >= 4 is 57.6 Å². The van der Waals surface area contributed by atoms with E-state index in [0.29, 0.717) is 17.4 Å². The number of halogens is 1. The van der Waals surface area contributed by atoms with Gasteiger partial charge in [-0.3, -0.25) is 14.6 Å². The molecule has 1 saturated heterocycles. The van der Waals surface area contributed by atoms with E-state index in [-0.39, 0.29) is 5.91 Å². The number of amides is 1.